The first kappa shape index (κ1) is 17.1. The topological polar surface area (TPSA) is 71.5 Å². The predicted octanol–water partition coefficient (Wildman–Crippen LogP) is 2.01. The van der Waals surface area contributed by atoms with Crippen LogP contribution in [0.2, 0.25) is 0 Å². The van der Waals surface area contributed by atoms with E-state index >= 15 is 0 Å². The van der Waals surface area contributed by atoms with Gasteiger partial charge in [0.05, 0.1) is 9.79 Å². The molecule has 1 aromatic rings. The van der Waals surface area contributed by atoms with Gasteiger partial charge in [-0.25, -0.2) is 12.7 Å². The Balaban J connectivity index is 3.16. The number of hydrogen-bond acceptors (Lipinski definition) is 4. The summed E-state index contributed by atoms with van der Waals surface area (Å²) in [6, 6.07) is 4.30. The van der Waals surface area contributed by atoms with E-state index in [2.05, 4.69) is 0 Å². The van der Waals surface area contributed by atoms with Gasteiger partial charge in [0, 0.05) is 13.6 Å². The molecule has 0 bridgehead atoms. The first-order chi connectivity index (χ1) is 9.09. The summed E-state index contributed by atoms with van der Waals surface area (Å²) in [6.45, 7) is 4.17. The Bertz CT molecular complexity index is 670. The summed E-state index contributed by atoms with van der Waals surface area (Å²) < 4.78 is 60.3. The molecule has 0 saturated carbocycles. The highest BCUT2D eigenvalue weighted by atomic mass is 32.3. The fourth-order valence-electron chi connectivity index (χ4n) is 1.63. The van der Waals surface area contributed by atoms with E-state index < -0.39 is 25.1 Å². The number of halogens is 1. The van der Waals surface area contributed by atoms with Gasteiger partial charge in [-0.1, -0.05) is 26.3 Å². The summed E-state index contributed by atoms with van der Waals surface area (Å²) in [5, 5.41) is 0. The van der Waals surface area contributed by atoms with Crippen LogP contribution in [0.4, 0.5) is 3.89 Å². The molecule has 0 radical (unpaired) electrons. The highest BCUT2D eigenvalue weighted by molar-refractivity contribution is 7.89. The predicted molar refractivity (Wildman–Crippen MR) is 74.0 cm³/mol. The number of benzene rings is 1. The summed E-state index contributed by atoms with van der Waals surface area (Å²) >= 11 is 0. The first-order valence-electron chi connectivity index (χ1n) is 6.10. The van der Waals surface area contributed by atoms with Crippen LogP contribution in [0.25, 0.3) is 0 Å². The van der Waals surface area contributed by atoms with E-state index in [1.165, 1.54) is 19.2 Å². The molecule has 0 aliphatic heterocycles. The third-order valence-electron chi connectivity index (χ3n) is 3.06. The van der Waals surface area contributed by atoms with Crippen LogP contribution in [0.3, 0.4) is 0 Å². The Kier molecular flexibility index (Phi) is 5.28. The molecule has 0 spiro atoms. The van der Waals surface area contributed by atoms with E-state index in [0.717, 1.165) is 22.9 Å². The number of rotatable bonds is 6. The average Bonchev–Trinajstić information content (AvgIpc) is 2.37. The normalized spacial score (nSPS) is 14.4. The Morgan fingerprint density at radius 1 is 1.20 bits per heavy atom. The maximum atomic E-state index is 12.9. The molecule has 8 heteroatoms. The van der Waals surface area contributed by atoms with Gasteiger partial charge in [0.15, 0.2) is 0 Å². The summed E-state index contributed by atoms with van der Waals surface area (Å²) in [6.07, 6.45) is 0.818. The zero-order valence-electron chi connectivity index (χ0n) is 11.6. The van der Waals surface area contributed by atoms with E-state index in [0.29, 0.717) is 6.54 Å². The molecule has 1 aromatic carbocycles. The van der Waals surface area contributed by atoms with Crippen molar-refractivity contribution >= 4 is 20.2 Å². The Hall–Kier alpha value is -0.990. The molecule has 0 aliphatic carbocycles. The smallest absolute Gasteiger partial charge is 0.207 e. The SMILES string of the molecule is CCC(C)CN(C)S(=O)(=O)c1cccc(S(=O)(=O)F)c1. The summed E-state index contributed by atoms with van der Waals surface area (Å²) in [5.74, 6) is 0.169. The lowest BCUT2D eigenvalue weighted by atomic mass is 10.1. The largest absolute Gasteiger partial charge is 0.332 e. The van der Waals surface area contributed by atoms with Crippen LogP contribution in [-0.2, 0) is 20.2 Å². The van der Waals surface area contributed by atoms with Crippen molar-refractivity contribution in [3.8, 4) is 0 Å². The van der Waals surface area contributed by atoms with Crippen molar-refractivity contribution in [1.82, 2.24) is 4.31 Å². The van der Waals surface area contributed by atoms with Gasteiger partial charge in [-0.05, 0) is 24.1 Å². The van der Waals surface area contributed by atoms with Crippen molar-refractivity contribution in [3.05, 3.63) is 24.3 Å². The molecule has 20 heavy (non-hydrogen) atoms. The molecule has 5 nitrogen and oxygen atoms in total. The molecule has 0 fully saturated rings. The highest BCUT2D eigenvalue weighted by Gasteiger charge is 2.24. The van der Waals surface area contributed by atoms with Crippen molar-refractivity contribution in [3.63, 3.8) is 0 Å². The Morgan fingerprint density at radius 2 is 1.75 bits per heavy atom. The minimum Gasteiger partial charge on any atom is -0.207 e. The van der Waals surface area contributed by atoms with Crippen molar-refractivity contribution in [2.45, 2.75) is 30.1 Å². The maximum Gasteiger partial charge on any atom is 0.332 e. The van der Waals surface area contributed by atoms with E-state index in [1.807, 2.05) is 13.8 Å². The minimum absolute atomic E-state index is 0.169. The van der Waals surface area contributed by atoms with Crippen LogP contribution in [0.15, 0.2) is 34.1 Å². The van der Waals surface area contributed by atoms with Gasteiger partial charge < -0.3 is 0 Å². The van der Waals surface area contributed by atoms with Gasteiger partial charge in [0.2, 0.25) is 10.0 Å². The zero-order chi connectivity index (χ0) is 15.6. The van der Waals surface area contributed by atoms with Crippen LogP contribution in [0.1, 0.15) is 20.3 Å². The van der Waals surface area contributed by atoms with Crippen LogP contribution < -0.4 is 0 Å². The molecule has 0 N–H and O–H groups in total. The molecular weight excluding hydrogens is 305 g/mol. The van der Waals surface area contributed by atoms with E-state index in [9.17, 15) is 20.7 Å². The molecule has 0 saturated heterocycles. The molecule has 0 heterocycles. The maximum absolute atomic E-state index is 12.9. The third-order valence-corrected chi connectivity index (χ3v) is 5.70. The molecular formula is C12H18FNO4S2. The monoisotopic (exact) mass is 323 g/mol. The summed E-state index contributed by atoms with van der Waals surface area (Å²) in [4.78, 5) is -0.891. The third kappa shape index (κ3) is 4.00. The first-order valence-corrected chi connectivity index (χ1v) is 8.92. The number of nitrogens with zero attached hydrogens (tertiary/aromatic N) is 1. The van der Waals surface area contributed by atoms with Gasteiger partial charge in [0.25, 0.3) is 0 Å². The molecule has 0 aromatic heterocycles. The van der Waals surface area contributed by atoms with Crippen molar-refractivity contribution in [2.24, 2.45) is 5.92 Å². The molecule has 0 amide bonds. The van der Waals surface area contributed by atoms with Crippen LogP contribution in [0.5, 0.6) is 0 Å². The van der Waals surface area contributed by atoms with Crippen molar-refractivity contribution < 1.29 is 20.7 Å². The van der Waals surface area contributed by atoms with Crippen molar-refractivity contribution in [1.29, 1.82) is 0 Å². The van der Waals surface area contributed by atoms with E-state index in [-0.39, 0.29) is 10.8 Å². The van der Waals surface area contributed by atoms with Crippen LogP contribution in [0, 0.1) is 5.92 Å². The van der Waals surface area contributed by atoms with Crippen molar-refractivity contribution in [2.75, 3.05) is 13.6 Å². The summed E-state index contributed by atoms with van der Waals surface area (Å²) in [5.41, 5.74) is 0. The highest BCUT2D eigenvalue weighted by Crippen LogP contribution is 2.21. The quantitative estimate of drug-likeness (QED) is 0.751. The second kappa shape index (κ2) is 6.19. The van der Waals surface area contributed by atoms with E-state index in [4.69, 9.17) is 0 Å². The van der Waals surface area contributed by atoms with Crippen LogP contribution >= 0.6 is 0 Å². The molecule has 1 rings (SSSR count). The standard InChI is InChI=1S/C12H18FNO4S2/c1-4-10(2)9-14(3)20(17,18)12-7-5-6-11(8-12)19(13,15)16/h5-8,10H,4,9H2,1-3H3. The Labute approximate surface area is 119 Å². The molecule has 0 aliphatic rings. The lowest BCUT2D eigenvalue weighted by Gasteiger charge is -2.20. The van der Waals surface area contributed by atoms with Gasteiger partial charge in [-0.2, -0.15) is 8.42 Å². The van der Waals surface area contributed by atoms with Gasteiger partial charge in [-0.15, -0.1) is 3.89 Å². The minimum atomic E-state index is -4.92. The number of hydrogen-bond donors (Lipinski definition) is 0. The molecule has 1 unspecified atom stereocenters. The van der Waals surface area contributed by atoms with Gasteiger partial charge in [-0.3, -0.25) is 0 Å². The summed E-state index contributed by atoms with van der Waals surface area (Å²) in [7, 11) is -7.33. The number of sulfonamides is 1. The second-order valence-electron chi connectivity index (χ2n) is 4.71. The van der Waals surface area contributed by atoms with Crippen LogP contribution in [-0.4, -0.2) is 34.7 Å². The molecule has 1 atom stereocenters. The molecule has 114 valence electrons. The fourth-order valence-corrected chi connectivity index (χ4v) is 3.55. The van der Waals surface area contributed by atoms with E-state index in [1.54, 1.807) is 0 Å². The fraction of sp³-hybridized carbons (Fsp3) is 0.500. The Morgan fingerprint density at radius 3 is 2.25 bits per heavy atom. The average molecular weight is 323 g/mol. The van der Waals surface area contributed by atoms with Gasteiger partial charge >= 0.3 is 10.2 Å². The van der Waals surface area contributed by atoms with Gasteiger partial charge in [0.1, 0.15) is 0 Å². The zero-order valence-corrected chi connectivity index (χ0v) is 13.2. The lowest BCUT2D eigenvalue weighted by molar-refractivity contribution is 0.393. The lowest BCUT2D eigenvalue weighted by Crippen LogP contribution is -2.31. The second-order valence-corrected chi connectivity index (χ2v) is 8.10.